The number of hydrogen-bond acceptors (Lipinski definition) is 5. The van der Waals surface area contributed by atoms with Crippen LogP contribution in [-0.2, 0) is 0 Å². The fourth-order valence-electron chi connectivity index (χ4n) is 3.02. The van der Waals surface area contributed by atoms with Gasteiger partial charge in [-0.15, -0.1) is 0 Å². The highest BCUT2D eigenvalue weighted by atomic mass is 32.1. The first-order valence-corrected chi connectivity index (χ1v) is 9.62. The summed E-state index contributed by atoms with van der Waals surface area (Å²) < 4.78 is 0. The Morgan fingerprint density at radius 1 is 0.857 bits per heavy atom. The number of pyridine rings is 2. The predicted molar refractivity (Wildman–Crippen MR) is 112 cm³/mol. The first kappa shape index (κ1) is 18.0. The van der Waals surface area contributed by atoms with Crippen molar-refractivity contribution in [2.45, 2.75) is 13.8 Å². The van der Waals surface area contributed by atoms with Gasteiger partial charge in [0.1, 0.15) is 5.69 Å². The highest BCUT2D eigenvalue weighted by Crippen LogP contribution is 2.29. The van der Waals surface area contributed by atoms with Gasteiger partial charge in [-0.1, -0.05) is 40.7 Å². The van der Waals surface area contributed by atoms with Gasteiger partial charge in [-0.2, -0.15) is 0 Å². The van der Waals surface area contributed by atoms with Crippen molar-refractivity contribution in [3.8, 4) is 21.6 Å². The van der Waals surface area contributed by atoms with Gasteiger partial charge in [-0.05, 0) is 54.8 Å². The Labute approximate surface area is 167 Å². The number of rotatable bonds is 4. The summed E-state index contributed by atoms with van der Waals surface area (Å²) in [5.41, 5.74) is 5.78. The minimum absolute atomic E-state index is 0.276. The molecule has 0 aliphatic rings. The Bertz CT molecular complexity index is 1120. The quantitative estimate of drug-likeness (QED) is 0.527. The van der Waals surface area contributed by atoms with Crippen LogP contribution in [0.4, 0.5) is 5.13 Å². The van der Waals surface area contributed by atoms with Crippen LogP contribution < -0.4 is 5.32 Å². The van der Waals surface area contributed by atoms with Crippen molar-refractivity contribution >= 4 is 22.4 Å². The van der Waals surface area contributed by atoms with E-state index in [0.717, 1.165) is 21.6 Å². The number of anilines is 1. The lowest BCUT2D eigenvalue weighted by Gasteiger charge is -2.07. The number of amides is 1. The molecule has 0 saturated heterocycles. The topological polar surface area (TPSA) is 67.8 Å². The average molecular weight is 386 g/mol. The van der Waals surface area contributed by atoms with E-state index >= 15 is 0 Å². The van der Waals surface area contributed by atoms with Crippen LogP contribution in [0.25, 0.3) is 21.6 Å². The lowest BCUT2D eigenvalue weighted by atomic mass is 10.0. The first-order chi connectivity index (χ1) is 13.6. The van der Waals surface area contributed by atoms with E-state index in [9.17, 15) is 4.79 Å². The molecule has 0 aliphatic carbocycles. The number of nitrogens with zero attached hydrogens (tertiary/aromatic N) is 3. The highest BCUT2D eigenvalue weighted by Gasteiger charge is 2.12. The first-order valence-electron chi connectivity index (χ1n) is 8.81. The minimum Gasteiger partial charge on any atom is -0.296 e. The van der Waals surface area contributed by atoms with Gasteiger partial charge in [-0.3, -0.25) is 20.1 Å². The van der Waals surface area contributed by atoms with Crippen LogP contribution in [0.2, 0.25) is 0 Å². The van der Waals surface area contributed by atoms with E-state index in [0.29, 0.717) is 10.8 Å². The second kappa shape index (κ2) is 7.70. The molecule has 0 radical (unpaired) electrons. The summed E-state index contributed by atoms with van der Waals surface area (Å²) in [5, 5.41) is 3.38. The van der Waals surface area contributed by atoms with Crippen LogP contribution in [-0.4, -0.2) is 20.9 Å². The maximum Gasteiger partial charge on any atom is 0.276 e. The molecule has 0 atom stereocenters. The van der Waals surface area contributed by atoms with E-state index in [2.05, 4.69) is 52.3 Å². The molecule has 6 heteroatoms. The number of thiazole rings is 1. The number of carbonyl (C=O) groups excluding carboxylic acids is 1. The highest BCUT2D eigenvalue weighted by molar-refractivity contribution is 7.19. The molecule has 0 unspecified atom stereocenters. The lowest BCUT2D eigenvalue weighted by Crippen LogP contribution is -2.13. The fraction of sp³-hybridized carbons (Fsp3) is 0.0909. The van der Waals surface area contributed by atoms with Gasteiger partial charge >= 0.3 is 0 Å². The van der Waals surface area contributed by atoms with Crippen molar-refractivity contribution < 1.29 is 4.79 Å². The third-order valence-corrected chi connectivity index (χ3v) is 5.20. The Morgan fingerprint density at radius 2 is 1.57 bits per heavy atom. The number of benzene rings is 1. The molecule has 4 rings (SSSR count). The largest absolute Gasteiger partial charge is 0.296 e. The van der Waals surface area contributed by atoms with Crippen molar-refractivity contribution in [3.63, 3.8) is 0 Å². The van der Waals surface area contributed by atoms with Gasteiger partial charge in [0.2, 0.25) is 0 Å². The molecule has 4 aromatic rings. The van der Waals surface area contributed by atoms with Gasteiger partial charge in [0.15, 0.2) is 5.13 Å². The molecule has 138 valence electrons. The number of aryl methyl sites for hydroxylation is 2. The van der Waals surface area contributed by atoms with Crippen LogP contribution in [0.5, 0.6) is 0 Å². The summed E-state index contributed by atoms with van der Waals surface area (Å²) in [5.74, 6) is -0.276. The molecule has 1 N–H and O–H groups in total. The SMILES string of the molecule is Cc1cc(C)cc(-c2ccnc(C(=O)Nc3ncc(-c4ccncc4)s3)c2)c1. The molecule has 1 aromatic carbocycles. The normalized spacial score (nSPS) is 10.6. The van der Waals surface area contributed by atoms with Gasteiger partial charge in [0, 0.05) is 24.8 Å². The molecule has 0 saturated carbocycles. The number of aromatic nitrogens is 3. The van der Waals surface area contributed by atoms with Crippen LogP contribution in [0.15, 0.2) is 67.3 Å². The summed E-state index contributed by atoms with van der Waals surface area (Å²) in [6.45, 7) is 4.13. The van der Waals surface area contributed by atoms with Crippen molar-refractivity contribution in [1.29, 1.82) is 0 Å². The fourth-order valence-corrected chi connectivity index (χ4v) is 3.84. The summed E-state index contributed by atoms with van der Waals surface area (Å²) in [7, 11) is 0. The van der Waals surface area contributed by atoms with E-state index in [4.69, 9.17) is 0 Å². The zero-order valence-corrected chi connectivity index (χ0v) is 16.3. The van der Waals surface area contributed by atoms with Crippen LogP contribution >= 0.6 is 11.3 Å². The van der Waals surface area contributed by atoms with Crippen molar-refractivity contribution in [1.82, 2.24) is 15.0 Å². The Balaban J connectivity index is 1.55. The zero-order valence-electron chi connectivity index (χ0n) is 15.5. The number of carbonyl (C=O) groups is 1. The van der Waals surface area contributed by atoms with Crippen molar-refractivity contribution in [2.24, 2.45) is 0 Å². The molecule has 5 nitrogen and oxygen atoms in total. The molecular weight excluding hydrogens is 368 g/mol. The van der Waals surface area contributed by atoms with Crippen LogP contribution in [0.3, 0.4) is 0 Å². The van der Waals surface area contributed by atoms with Crippen LogP contribution in [0, 0.1) is 13.8 Å². The summed E-state index contributed by atoms with van der Waals surface area (Å²) in [6, 6.07) is 13.9. The third kappa shape index (κ3) is 3.97. The monoisotopic (exact) mass is 386 g/mol. The summed E-state index contributed by atoms with van der Waals surface area (Å²) in [4.78, 5) is 26.2. The third-order valence-electron chi connectivity index (χ3n) is 4.24. The maximum absolute atomic E-state index is 12.7. The minimum atomic E-state index is -0.276. The average Bonchev–Trinajstić information content (AvgIpc) is 3.16. The molecule has 3 aromatic heterocycles. The van der Waals surface area contributed by atoms with Crippen molar-refractivity contribution in [3.05, 3.63) is 84.1 Å². The van der Waals surface area contributed by atoms with E-state index in [1.54, 1.807) is 30.9 Å². The van der Waals surface area contributed by atoms with Gasteiger partial charge in [0.05, 0.1) is 4.88 Å². The molecule has 0 fully saturated rings. The van der Waals surface area contributed by atoms with E-state index < -0.39 is 0 Å². The second-order valence-corrected chi connectivity index (χ2v) is 7.56. The second-order valence-electron chi connectivity index (χ2n) is 6.53. The van der Waals surface area contributed by atoms with Gasteiger partial charge in [-0.25, -0.2) is 4.98 Å². The molecular formula is C22H18N4OS. The summed E-state index contributed by atoms with van der Waals surface area (Å²) in [6.07, 6.45) is 6.87. The summed E-state index contributed by atoms with van der Waals surface area (Å²) >= 11 is 1.41. The number of nitrogens with one attached hydrogen (secondary N) is 1. The predicted octanol–water partition coefficient (Wildman–Crippen LogP) is 5.14. The molecule has 1 amide bonds. The lowest BCUT2D eigenvalue weighted by molar-refractivity contribution is 0.102. The smallest absolute Gasteiger partial charge is 0.276 e. The van der Waals surface area contributed by atoms with Crippen LogP contribution in [0.1, 0.15) is 21.6 Å². The van der Waals surface area contributed by atoms with Gasteiger partial charge < -0.3 is 0 Å². The molecule has 28 heavy (non-hydrogen) atoms. The van der Waals surface area contributed by atoms with E-state index in [1.807, 2.05) is 18.2 Å². The molecule has 0 aliphatic heterocycles. The molecule has 3 heterocycles. The standard InChI is InChI=1S/C22H18N4OS/c1-14-9-15(2)11-18(10-14)17-5-8-24-19(12-17)21(27)26-22-25-13-20(28-22)16-3-6-23-7-4-16/h3-13H,1-2H3,(H,25,26,27). The van der Waals surface area contributed by atoms with E-state index in [-0.39, 0.29) is 5.91 Å². The Hall–Kier alpha value is -3.38. The van der Waals surface area contributed by atoms with E-state index in [1.165, 1.54) is 22.5 Å². The molecule has 0 bridgehead atoms. The maximum atomic E-state index is 12.7. The Morgan fingerprint density at radius 3 is 2.32 bits per heavy atom. The molecule has 0 spiro atoms. The number of hydrogen-bond donors (Lipinski definition) is 1. The van der Waals surface area contributed by atoms with Gasteiger partial charge in [0.25, 0.3) is 5.91 Å². The zero-order chi connectivity index (χ0) is 19.5. The van der Waals surface area contributed by atoms with Crippen molar-refractivity contribution in [2.75, 3.05) is 5.32 Å². The Kier molecular flexibility index (Phi) is 4.95.